The Bertz CT molecular complexity index is 685. The molecule has 124 valence electrons. The van der Waals surface area contributed by atoms with Gasteiger partial charge in [-0.25, -0.2) is 0 Å². The van der Waals surface area contributed by atoms with Crippen molar-refractivity contribution in [1.82, 2.24) is 4.90 Å². The Hall–Kier alpha value is -2.44. The average molecular weight is 320 g/mol. The third-order valence-corrected chi connectivity index (χ3v) is 4.47. The van der Waals surface area contributed by atoms with E-state index in [0.29, 0.717) is 30.5 Å². The number of aryl methyl sites for hydroxylation is 2. The molecule has 1 aromatic rings. The van der Waals surface area contributed by atoms with Crippen LogP contribution in [0, 0.1) is 29.4 Å². The van der Waals surface area contributed by atoms with Gasteiger partial charge in [-0.2, -0.15) is 0 Å². The molecule has 1 aromatic carbocycles. The number of nitro groups is 1. The number of nitrogens with zero attached hydrogens (tertiary/aromatic N) is 2. The summed E-state index contributed by atoms with van der Waals surface area (Å²) in [6.07, 6.45) is 1.11. The zero-order valence-corrected chi connectivity index (χ0v) is 13.5. The second kappa shape index (κ2) is 5.98. The van der Waals surface area contributed by atoms with Crippen molar-refractivity contribution in [1.29, 1.82) is 0 Å². The number of carbonyl (C=O) groups excluding carboxylic acids is 1. The molecule has 1 atom stereocenters. The van der Waals surface area contributed by atoms with Gasteiger partial charge >= 0.3 is 5.97 Å². The number of rotatable bonds is 3. The fourth-order valence-electron chi connectivity index (χ4n) is 3.03. The van der Waals surface area contributed by atoms with Gasteiger partial charge < -0.3 is 10.0 Å². The van der Waals surface area contributed by atoms with E-state index in [4.69, 9.17) is 0 Å². The number of piperidine rings is 1. The third-order valence-electron chi connectivity index (χ3n) is 4.47. The van der Waals surface area contributed by atoms with Gasteiger partial charge in [-0.3, -0.25) is 19.7 Å². The normalized spacial score (nSPS) is 21.1. The number of hydrogen-bond donors (Lipinski definition) is 1. The highest BCUT2D eigenvalue weighted by molar-refractivity contribution is 5.97. The first-order valence-corrected chi connectivity index (χ1v) is 7.44. The van der Waals surface area contributed by atoms with Crippen molar-refractivity contribution in [3.63, 3.8) is 0 Å². The number of hydrogen-bond acceptors (Lipinski definition) is 4. The molecule has 1 unspecified atom stereocenters. The van der Waals surface area contributed by atoms with E-state index in [1.165, 1.54) is 11.0 Å². The second-order valence-corrected chi connectivity index (χ2v) is 6.41. The highest BCUT2D eigenvalue weighted by atomic mass is 16.6. The Balaban J connectivity index is 2.35. The zero-order valence-electron chi connectivity index (χ0n) is 13.5. The zero-order chi connectivity index (χ0) is 17.4. The maximum Gasteiger partial charge on any atom is 0.311 e. The van der Waals surface area contributed by atoms with Crippen LogP contribution in [0.5, 0.6) is 0 Å². The van der Waals surface area contributed by atoms with Crippen LogP contribution >= 0.6 is 0 Å². The summed E-state index contributed by atoms with van der Waals surface area (Å²) in [6, 6.07) is 2.91. The van der Waals surface area contributed by atoms with E-state index in [1.807, 2.05) is 0 Å². The number of carboxylic acids is 1. The Morgan fingerprint density at radius 2 is 1.96 bits per heavy atom. The van der Waals surface area contributed by atoms with Crippen LogP contribution < -0.4 is 0 Å². The maximum atomic E-state index is 12.7. The van der Waals surface area contributed by atoms with Gasteiger partial charge in [0.2, 0.25) is 0 Å². The van der Waals surface area contributed by atoms with Crippen LogP contribution in [0.4, 0.5) is 5.69 Å². The lowest BCUT2D eigenvalue weighted by Gasteiger charge is -2.37. The monoisotopic (exact) mass is 320 g/mol. The molecule has 1 fully saturated rings. The first-order valence-electron chi connectivity index (χ1n) is 7.44. The highest BCUT2D eigenvalue weighted by Crippen LogP contribution is 2.31. The number of carbonyl (C=O) groups is 2. The van der Waals surface area contributed by atoms with Crippen molar-refractivity contribution >= 4 is 17.6 Å². The van der Waals surface area contributed by atoms with Crippen molar-refractivity contribution in [2.24, 2.45) is 5.41 Å². The molecule has 1 saturated heterocycles. The number of benzene rings is 1. The fraction of sp³-hybridized carbons (Fsp3) is 0.500. The lowest BCUT2D eigenvalue weighted by molar-refractivity contribution is -0.385. The van der Waals surface area contributed by atoms with E-state index in [1.54, 1.807) is 26.8 Å². The van der Waals surface area contributed by atoms with Crippen LogP contribution in [0.1, 0.15) is 41.3 Å². The molecular formula is C16H20N2O5. The van der Waals surface area contributed by atoms with E-state index >= 15 is 0 Å². The van der Waals surface area contributed by atoms with Crippen LogP contribution in [0.2, 0.25) is 0 Å². The smallest absolute Gasteiger partial charge is 0.311 e. The second-order valence-electron chi connectivity index (χ2n) is 6.41. The summed E-state index contributed by atoms with van der Waals surface area (Å²) >= 11 is 0. The largest absolute Gasteiger partial charge is 0.481 e. The Labute approximate surface area is 134 Å². The SMILES string of the molecule is Cc1cc(C)c([N+](=O)[O-])cc1C(=O)N1CCCC(C)(C(=O)O)C1. The lowest BCUT2D eigenvalue weighted by Crippen LogP contribution is -2.48. The first kappa shape index (κ1) is 16.9. The Kier molecular flexibility index (Phi) is 4.40. The maximum absolute atomic E-state index is 12.7. The van der Waals surface area contributed by atoms with Crippen LogP contribution in [0.25, 0.3) is 0 Å². The molecule has 0 spiro atoms. The van der Waals surface area contributed by atoms with E-state index < -0.39 is 16.3 Å². The molecule has 7 nitrogen and oxygen atoms in total. The van der Waals surface area contributed by atoms with Crippen LogP contribution in [-0.2, 0) is 4.79 Å². The summed E-state index contributed by atoms with van der Waals surface area (Å²) in [5, 5.41) is 20.4. The standard InChI is InChI=1S/C16H20N2O5/c1-10-7-11(2)13(18(22)23)8-12(10)14(19)17-6-4-5-16(3,9-17)15(20)21/h7-8H,4-6,9H2,1-3H3,(H,20,21). The number of amides is 1. The molecular weight excluding hydrogens is 300 g/mol. The molecule has 1 aliphatic heterocycles. The lowest BCUT2D eigenvalue weighted by atomic mass is 9.81. The highest BCUT2D eigenvalue weighted by Gasteiger charge is 2.39. The topological polar surface area (TPSA) is 101 Å². The predicted molar refractivity (Wildman–Crippen MR) is 83.5 cm³/mol. The predicted octanol–water partition coefficient (Wildman–Crippen LogP) is 2.54. The number of nitro benzene ring substituents is 1. The summed E-state index contributed by atoms with van der Waals surface area (Å²) < 4.78 is 0. The van der Waals surface area contributed by atoms with Gasteiger partial charge in [-0.05, 0) is 45.2 Å². The van der Waals surface area contributed by atoms with Gasteiger partial charge in [-0.15, -0.1) is 0 Å². The van der Waals surface area contributed by atoms with Gasteiger partial charge in [-0.1, -0.05) is 0 Å². The molecule has 1 amide bonds. The molecule has 1 aliphatic rings. The molecule has 1 N–H and O–H groups in total. The molecule has 0 bridgehead atoms. The third kappa shape index (κ3) is 3.18. The van der Waals surface area contributed by atoms with Crippen molar-refractivity contribution in [2.75, 3.05) is 13.1 Å². The average Bonchev–Trinajstić information content (AvgIpc) is 2.46. The van der Waals surface area contributed by atoms with Crippen LogP contribution in [-0.4, -0.2) is 39.9 Å². The summed E-state index contributed by atoms with van der Waals surface area (Å²) in [5.41, 5.74) is 0.339. The minimum absolute atomic E-state index is 0.100. The Morgan fingerprint density at radius 3 is 2.52 bits per heavy atom. The van der Waals surface area contributed by atoms with Crippen molar-refractivity contribution < 1.29 is 19.6 Å². The molecule has 0 aromatic heterocycles. The molecule has 2 rings (SSSR count). The van der Waals surface area contributed by atoms with E-state index in [-0.39, 0.29) is 23.7 Å². The van der Waals surface area contributed by atoms with E-state index in [0.717, 1.165) is 0 Å². The minimum atomic E-state index is -0.974. The van der Waals surface area contributed by atoms with Crippen molar-refractivity contribution in [3.05, 3.63) is 38.9 Å². The molecule has 0 radical (unpaired) electrons. The molecule has 1 heterocycles. The molecule has 0 aliphatic carbocycles. The molecule has 23 heavy (non-hydrogen) atoms. The molecule has 7 heteroatoms. The van der Waals surface area contributed by atoms with Crippen LogP contribution in [0.15, 0.2) is 12.1 Å². The quantitative estimate of drug-likeness (QED) is 0.681. The van der Waals surface area contributed by atoms with Gasteiger partial charge in [0.15, 0.2) is 0 Å². The van der Waals surface area contributed by atoms with Gasteiger partial charge in [0.05, 0.1) is 10.3 Å². The van der Waals surface area contributed by atoms with E-state index in [9.17, 15) is 24.8 Å². The summed E-state index contributed by atoms with van der Waals surface area (Å²) in [6.45, 7) is 5.55. The van der Waals surface area contributed by atoms with Crippen molar-refractivity contribution in [2.45, 2.75) is 33.6 Å². The Morgan fingerprint density at radius 1 is 1.30 bits per heavy atom. The first-order chi connectivity index (χ1) is 10.7. The van der Waals surface area contributed by atoms with Crippen molar-refractivity contribution in [3.8, 4) is 0 Å². The summed E-state index contributed by atoms with van der Waals surface area (Å²) in [5.74, 6) is -1.28. The van der Waals surface area contributed by atoms with E-state index in [2.05, 4.69) is 0 Å². The number of aliphatic carboxylic acids is 1. The van der Waals surface area contributed by atoms with Gasteiger partial charge in [0.1, 0.15) is 0 Å². The number of likely N-dealkylation sites (tertiary alicyclic amines) is 1. The number of carboxylic acid groups (broad SMARTS) is 1. The van der Waals surface area contributed by atoms with Crippen LogP contribution in [0.3, 0.4) is 0 Å². The summed E-state index contributed by atoms with van der Waals surface area (Å²) in [4.78, 5) is 36.2. The summed E-state index contributed by atoms with van der Waals surface area (Å²) in [7, 11) is 0. The molecule has 0 saturated carbocycles. The minimum Gasteiger partial charge on any atom is -0.481 e. The fourth-order valence-corrected chi connectivity index (χ4v) is 3.03. The van der Waals surface area contributed by atoms with Gasteiger partial charge in [0, 0.05) is 30.3 Å². The van der Waals surface area contributed by atoms with Gasteiger partial charge in [0.25, 0.3) is 11.6 Å².